The molecule has 0 aliphatic heterocycles. The van der Waals surface area contributed by atoms with Crippen LogP contribution in [-0.2, 0) is 6.42 Å². The number of ether oxygens (including phenoxy) is 1. The van der Waals surface area contributed by atoms with Gasteiger partial charge in [0.2, 0.25) is 0 Å². The van der Waals surface area contributed by atoms with Crippen molar-refractivity contribution in [1.82, 2.24) is 4.98 Å². The second-order valence-electron chi connectivity index (χ2n) is 3.72. The molecule has 2 rings (SSSR count). The number of hydrogen-bond donors (Lipinski definition) is 0. The molecule has 3 nitrogen and oxygen atoms in total. The summed E-state index contributed by atoms with van der Waals surface area (Å²) in [7, 11) is 0. The van der Waals surface area contributed by atoms with E-state index in [0.717, 1.165) is 12.0 Å². The number of hydrogen-bond acceptors (Lipinski definition) is 3. The number of nitrogens with zero attached hydrogens (tertiary/aromatic N) is 2. The zero-order valence-corrected chi connectivity index (χ0v) is 10.4. The number of aromatic nitrogens is 1. The standard InChI is InChI=1S/C14H11ClN2O/c15-13-8-12(9-16)3-4-14(13)18-7-5-11-2-1-6-17-10-11/h1-4,6,8,10H,5,7H2. The summed E-state index contributed by atoms with van der Waals surface area (Å²) in [6.07, 6.45) is 4.32. The molecule has 1 heterocycles. The van der Waals surface area contributed by atoms with Crippen LogP contribution in [0.15, 0.2) is 42.7 Å². The molecule has 0 fully saturated rings. The first-order chi connectivity index (χ1) is 8.79. The maximum Gasteiger partial charge on any atom is 0.137 e. The molecule has 0 atom stereocenters. The average molecular weight is 259 g/mol. The Morgan fingerprint density at radius 3 is 2.89 bits per heavy atom. The van der Waals surface area contributed by atoms with Gasteiger partial charge in [0, 0.05) is 18.8 Å². The first-order valence-corrected chi connectivity index (χ1v) is 5.89. The molecule has 1 aromatic carbocycles. The van der Waals surface area contributed by atoms with E-state index in [-0.39, 0.29) is 0 Å². The van der Waals surface area contributed by atoms with Gasteiger partial charge in [-0.2, -0.15) is 5.26 Å². The van der Waals surface area contributed by atoms with Gasteiger partial charge in [-0.15, -0.1) is 0 Å². The molecular formula is C14H11ClN2O. The largest absolute Gasteiger partial charge is 0.492 e. The fourth-order valence-electron chi connectivity index (χ4n) is 1.51. The molecule has 0 amide bonds. The van der Waals surface area contributed by atoms with E-state index in [9.17, 15) is 0 Å². The fourth-order valence-corrected chi connectivity index (χ4v) is 1.75. The van der Waals surface area contributed by atoms with Gasteiger partial charge < -0.3 is 4.74 Å². The van der Waals surface area contributed by atoms with E-state index >= 15 is 0 Å². The lowest BCUT2D eigenvalue weighted by atomic mass is 10.2. The molecule has 0 spiro atoms. The second kappa shape index (κ2) is 6.04. The minimum atomic E-state index is 0.459. The Kier molecular flexibility index (Phi) is 4.16. The number of pyridine rings is 1. The van der Waals surface area contributed by atoms with Gasteiger partial charge in [0.05, 0.1) is 23.3 Å². The highest BCUT2D eigenvalue weighted by Crippen LogP contribution is 2.25. The van der Waals surface area contributed by atoms with E-state index in [4.69, 9.17) is 21.6 Å². The van der Waals surface area contributed by atoms with Crippen molar-refractivity contribution in [1.29, 1.82) is 5.26 Å². The Balaban J connectivity index is 1.93. The predicted molar refractivity (Wildman–Crippen MR) is 69.6 cm³/mol. The molecule has 18 heavy (non-hydrogen) atoms. The Bertz CT molecular complexity index is 564. The number of benzene rings is 1. The quantitative estimate of drug-likeness (QED) is 0.846. The number of nitriles is 1. The van der Waals surface area contributed by atoms with Crippen LogP contribution in [0.1, 0.15) is 11.1 Å². The number of rotatable bonds is 4. The van der Waals surface area contributed by atoms with E-state index in [2.05, 4.69) is 4.98 Å². The van der Waals surface area contributed by atoms with E-state index in [0.29, 0.717) is 22.9 Å². The Morgan fingerprint density at radius 1 is 1.33 bits per heavy atom. The highest BCUT2D eigenvalue weighted by Gasteiger charge is 2.03. The third-order valence-corrected chi connectivity index (χ3v) is 2.73. The minimum Gasteiger partial charge on any atom is -0.492 e. The predicted octanol–water partition coefficient (Wildman–Crippen LogP) is 3.23. The zero-order chi connectivity index (χ0) is 12.8. The van der Waals surface area contributed by atoms with Crippen LogP contribution in [0.4, 0.5) is 0 Å². The molecule has 0 saturated heterocycles. The molecule has 0 N–H and O–H groups in total. The molecule has 2 aromatic rings. The van der Waals surface area contributed by atoms with Crippen molar-refractivity contribution >= 4 is 11.6 Å². The molecule has 0 saturated carbocycles. The lowest BCUT2D eigenvalue weighted by Crippen LogP contribution is -2.02. The first kappa shape index (κ1) is 12.4. The van der Waals surface area contributed by atoms with Gasteiger partial charge in [0.1, 0.15) is 5.75 Å². The summed E-state index contributed by atoms with van der Waals surface area (Å²) < 4.78 is 5.57. The summed E-state index contributed by atoms with van der Waals surface area (Å²) in [6.45, 7) is 0.525. The molecule has 0 bridgehead atoms. The van der Waals surface area contributed by atoms with Crippen molar-refractivity contribution in [3.8, 4) is 11.8 Å². The Labute approximate surface area is 111 Å². The Morgan fingerprint density at radius 2 is 2.22 bits per heavy atom. The van der Waals surface area contributed by atoms with Gasteiger partial charge in [0.25, 0.3) is 0 Å². The SMILES string of the molecule is N#Cc1ccc(OCCc2cccnc2)c(Cl)c1. The van der Waals surface area contributed by atoms with Crippen LogP contribution in [0.25, 0.3) is 0 Å². The number of halogens is 1. The van der Waals surface area contributed by atoms with Crippen molar-refractivity contribution < 1.29 is 4.74 Å². The first-order valence-electron chi connectivity index (χ1n) is 5.51. The van der Waals surface area contributed by atoms with E-state index < -0.39 is 0 Å². The highest BCUT2D eigenvalue weighted by molar-refractivity contribution is 6.32. The molecule has 0 aliphatic carbocycles. The van der Waals surface area contributed by atoms with Gasteiger partial charge in [0.15, 0.2) is 0 Å². The van der Waals surface area contributed by atoms with E-state index in [1.165, 1.54) is 0 Å². The molecule has 90 valence electrons. The molecule has 1 aromatic heterocycles. The fraction of sp³-hybridized carbons (Fsp3) is 0.143. The third kappa shape index (κ3) is 3.22. The van der Waals surface area contributed by atoms with Crippen LogP contribution in [-0.4, -0.2) is 11.6 Å². The van der Waals surface area contributed by atoms with Gasteiger partial charge in [-0.25, -0.2) is 0 Å². The van der Waals surface area contributed by atoms with Crippen molar-refractivity contribution in [3.05, 3.63) is 58.9 Å². The van der Waals surface area contributed by atoms with Crippen molar-refractivity contribution in [3.63, 3.8) is 0 Å². The van der Waals surface area contributed by atoms with Crippen LogP contribution in [0.3, 0.4) is 0 Å². The molecule has 0 unspecified atom stereocenters. The topological polar surface area (TPSA) is 45.9 Å². The highest BCUT2D eigenvalue weighted by atomic mass is 35.5. The van der Waals surface area contributed by atoms with E-state index in [1.54, 1.807) is 24.4 Å². The summed E-state index contributed by atoms with van der Waals surface area (Å²) in [6, 6.07) is 10.9. The van der Waals surface area contributed by atoms with Crippen LogP contribution in [0.5, 0.6) is 5.75 Å². The summed E-state index contributed by atoms with van der Waals surface area (Å²) in [5.74, 6) is 0.597. The van der Waals surface area contributed by atoms with Crippen LogP contribution in [0.2, 0.25) is 5.02 Å². The smallest absolute Gasteiger partial charge is 0.137 e. The summed E-state index contributed by atoms with van der Waals surface area (Å²) >= 11 is 6.00. The van der Waals surface area contributed by atoms with E-state index in [1.807, 2.05) is 24.4 Å². The molecule has 0 aliphatic rings. The van der Waals surface area contributed by atoms with Gasteiger partial charge in [-0.1, -0.05) is 17.7 Å². The van der Waals surface area contributed by atoms with Crippen LogP contribution >= 0.6 is 11.6 Å². The zero-order valence-electron chi connectivity index (χ0n) is 9.64. The van der Waals surface area contributed by atoms with Gasteiger partial charge in [-0.3, -0.25) is 4.98 Å². The molecular weight excluding hydrogens is 248 g/mol. The van der Waals surface area contributed by atoms with Gasteiger partial charge >= 0.3 is 0 Å². The average Bonchev–Trinajstić information content (AvgIpc) is 2.42. The molecule has 4 heteroatoms. The summed E-state index contributed by atoms with van der Waals surface area (Å²) in [4.78, 5) is 4.03. The maximum absolute atomic E-state index is 8.72. The second-order valence-corrected chi connectivity index (χ2v) is 4.12. The maximum atomic E-state index is 8.72. The van der Waals surface area contributed by atoms with Crippen molar-refractivity contribution in [2.24, 2.45) is 0 Å². The minimum absolute atomic E-state index is 0.459. The summed E-state index contributed by atoms with van der Waals surface area (Å²) in [5, 5.41) is 9.18. The monoisotopic (exact) mass is 258 g/mol. The van der Waals surface area contributed by atoms with Gasteiger partial charge in [-0.05, 0) is 29.8 Å². The normalized spacial score (nSPS) is 9.78. The lowest BCUT2D eigenvalue weighted by molar-refractivity contribution is 0.322. The van der Waals surface area contributed by atoms with Crippen LogP contribution < -0.4 is 4.74 Å². The Hall–Kier alpha value is -2.05. The lowest BCUT2D eigenvalue weighted by Gasteiger charge is -2.07. The van der Waals surface area contributed by atoms with Crippen LogP contribution in [0, 0.1) is 11.3 Å². The summed E-state index contributed by atoms with van der Waals surface area (Å²) in [5.41, 5.74) is 1.64. The molecule has 0 radical (unpaired) electrons. The third-order valence-electron chi connectivity index (χ3n) is 2.43. The van der Waals surface area contributed by atoms with Crippen molar-refractivity contribution in [2.75, 3.05) is 6.61 Å². The van der Waals surface area contributed by atoms with Crippen molar-refractivity contribution in [2.45, 2.75) is 6.42 Å².